The van der Waals surface area contributed by atoms with Gasteiger partial charge < -0.3 is 4.74 Å². The van der Waals surface area contributed by atoms with Crippen molar-refractivity contribution in [1.82, 2.24) is 5.48 Å². The Bertz CT molecular complexity index is 419. The zero-order chi connectivity index (χ0) is 13.5. The average Bonchev–Trinajstić information content (AvgIpc) is 2.89. The fourth-order valence-electron chi connectivity index (χ4n) is 2.02. The molecule has 104 valence electrons. The number of amides is 1. The van der Waals surface area contributed by atoms with Crippen LogP contribution in [0.15, 0.2) is 24.3 Å². The molecule has 0 spiro atoms. The molecule has 0 saturated heterocycles. The summed E-state index contributed by atoms with van der Waals surface area (Å²) in [4.78, 5) is 16.7. The van der Waals surface area contributed by atoms with E-state index < -0.39 is 0 Å². The first-order valence-corrected chi connectivity index (χ1v) is 6.57. The number of hydrogen-bond donors (Lipinski definition) is 1. The highest BCUT2D eigenvalue weighted by Gasteiger charge is 2.16. The van der Waals surface area contributed by atoms with Gasteiger partial charge in [0.2, 0.25) is 5.91 Å². The van der Waals surface area contributed by atoms with Gasteiger partial charge in [0.05, 0.1) is 19.1 Å². The molecule has 0 unspecified atom stereocenters. The van der Waals surface area contributed by atoms with E-state index in [0.717, 1.165) is 25.7 Å². The predicted octanol–water partition coefficient (Wildman–Crippen LogP) is 2.59. The maximum atomic E-state index is 12.9. The minimum atomic E-state index is -0.355. The SMILES string of the molecule is O=C(CCOc1cccc(F)c1)NOC1CCCC1. The van der Waals surface area contributed by atoms with E-state index in [1.165, 1.54) is 12.1 Å². The molecular weight excluding hydrogens is 249 g/mol. The van der Waals surface area contributed by atoms with Crippen LogP contribution >= 0.6 is 0 Å². The van der Waals surface area contributed by atoms with Crippen LogP contribution in [0.3, 0.4) is 0 Å². The van der Waals surface area contributed by atoms with Crippen LogP contribution in [0.5, 0.6) is 5.75 Å². The summed E-state index contributed by atoms with van der Waals surface area (Å²) in [6, 6.07) is 5.84. The predicted molar refractivity (Wildman–Crippen MR) is 68.0 cm³/mol. The molecule has 0 bridgehead atoms. The molecule has 19 heavy (non-hydrogen) atoms. The number of carbonyl (C=O) groups excluding carboxylic acids is 1. The molecule has 1 aromatic rings. The average molecular weight is 267 g/mol. The smallest absolute Gasteiger partial charge is 0.246 e. The van der Waals surface area contributed by atoms with Crippen LogP contribution in [-0.2, 0) is 9.63 Å². The second-order valence-corrected chi connectivity index (χ2v) is 4.61. The standard InChI is InChI=1S/C14H18FNO3/c15-11-4-3-7-13(10-11)18-9-8-14(17)16-19-12-5-1-2-6-12/h3-4,7,10,12H,1-2,5-6,8-9H2,(H,16,17). The zero-order valence-corrected chi connectivity index (χ0v) is 10.7. The highest BCUT2D eigenvalue weighted by Crippen LogP contribution is 2.19. The second-order valence-electron chi connectivity index (χ2n) is 4.61. The Morgan fingerprint density at radius 2 is 2.16 bits per heavy atom. The number of nitrogens with one attached hydrogen (secondary N) is 1. The van der Waals surface area contributed by atoms with E-state index in [-0.39, 0.29) is 30.9 Å². The monoisotopic (exact) mass is 267 g/mol. The van der Waals surface area contributed by atoms with Crippen LogP contribution in [0.25, 0.3) is 0 Å². The molecule has 1 saturated carbocycles. The summed E-state index contributed by atoms with van der Waals surface area (Å²) in [5, 5.41) is 0. The molecule has 1 fully saturated rings. The van der Waals surface area contributed by atoms with Crippen LogP contribution in [0.4, 0.5) is 4.39 Å². The number of hydroxylamine groups is 1. The van der Waals surface area contributed by atoms with Gasteiger partial charge in [-0.05, 0) is 25.0 Å². The Hall–Kier alpha value is -1.62. The van der Waals surface area contributed by atoms with Crippen molar-refractivity contribution < 1.29 is 18.8 Å². The molecule has 2 rings (SSSR count). The summed E-state index contributed by atoms with van der Waals surface area (Å²) in [5.41, 5.74) is 2.43. The van der Waals surface area contributed by atoms with Gasteiger partial charge in [-0.2, -0.15) is 0 Å². The lowest BCUT2D eigenvalue weighted by molar-refractivity contribution is -0.138. The molecule has 0 heterocycles. The molecule has 1 aliphatic carbocycles. The third kappa shape index (κ3) is 4.87. The minimum absolute atomic E-state index is 0.146. The van der Waals surface area contributed by atoms with E-state index in [2.05, 4.69) is 5.48 Å². The first kappa shape index (κ1) is 13.8. The van der Waals surface area contributed by atoms with E-state index in [1.807, 2.05) is 0 Å². The summed E-state index contributed by atoms with van der Waals surface area (Å²) < 4.78 is 18.1. The maximum absolute atomic E-state index is 12.9. The number of hydrogen-bond acceptors (Lipinski definition) is 3. The molecule has 5 heteroatoms. The third-order valence-electron chi connectivity index (χ3n) is 3.04. The van der Waals surface area contributed by atoms with Gasteiger partial charge in [-0.15, -0.1) is 0 Å². The van der Waals surface area contributed by atoms with Gasteiger partial charge in [0.1, 0.15) is 11.6 Å². The Balaban J connectivity index is 1.60. The second kappa shape index (κ2) is 7.09. The van der Waals surface area contributed by atoms with E-state index in [1.54, 1.807) is 12.1 Å². The molecule has 1 N–H and O–H groups in total. The van der Waals surface area contributed by atoms with Crippen LogP contribution in [0, 0.1) is 5.82 Å². The Labute approximate surface area is 111 Å². The Kier molecular flexibility index (Phi) is 5.15. The van der Waals surface area contributed by atoms with Crippen LogP contribution in [0.1, 0.15) is 32.1 Å². The molecule has 1 aliphatic rings. The van der Waals surface area contributed by atoms with Crippen LogP contribution in [-0.4, -0.2) is 18.6 Å². The largest absolute Gasteiger partial charge is 0.493 e. The van der Waals surface area contributed by atoms with Crippen molar-refractivity contribution in [2.24, 2.45) is 0 Å². The van der Waals surface area contributed by atoms with Gasteiger partial charge in [-0.1, -0.05) is 18.9 Å². The van der Waals surface area contributed by atoms with Crippen LogP contribution in [0.2, 0.25) is 0 Å². The summed E-state index contributed by atoms with van der Waals surface area (Å²) >= 11 is 0. The Morgan fingerprint density at radius 1 is 1.37 bits per heavy atom. The number of halogens is 1. The lowest BCUT2D eigenvalue weighted by atomic mass is 10.3. The lowest BCUT2D eigenvalue weighted by Crippen LogP contribution is -2.29. The third-order valence-corrected chi connectivity index (χ3v) is 3.04. The first-order chi connectivity index (χ1) is 9.24. The van der Waals surface area contributed by atoms with E-state index >= 15 is 0 Å². The summed E-state index contributed by atoms with van der Waals surface area (Å²) in [6.07, 6.45) is 4.64. The number of carbonyl (C=O) groups is 1. The molecule has 1 amide bonds. The van der Waals surface area contributed by atoms with Crippen molar-refractivity contribution in [2.45, 2.75) is 38.2 Å². The molecule has 0 aliphatic heterocycles. The van der Waals surface area contributed by atoms with Gasteiger partial charge in [-0.3, -0.25) is 9.63 Å². The first-order valence-electron chi connectivity index (χ1n) is 6.57. The van der Waals surface area contributed by atoms with E-state index in [4.69, 9.17) is 9.57 Å². The van der Waals surface area contributed by atoms with Crippen molar-refractivity contribution in [3.8, 4) is 5.75 Å². The lowest BCUT2D eigenvalue weighted by Gasteiger charge is -2.11. The normalized spacial score (nSPS) is 15.4. The van der Waals surface area contributed by atoms with E-state index in [0.29, 0.717) is 5.75 Å². The van der Waals surface area contributed by atoms with Crippen molar-refractivity contribution in [2.75, 3.05) is 6.61 Å². The zero-order valence-electron chi connectivity index (χ0n) is 10.7. The molecule has 0 radical (unpaired) electrons. The van der Waals surface area contributed by atoms with Crippen molar-refractivity contribution in [3.05, 3.63) is 30.1 Å². The van der Waals surface area contributed by atoms with E-state index in [9.17, 15) is 9.18 Å². The topological polar surface area (TPSA) is 47.6 Å². The van der Waals surface area contributed by atoms with Gasteiger partial charge in [0.15, 0.2) is 0 Å². The maximum Gasteiger partial charge on any atom is 0.246 e. The summed E-state index contributed by atoms with van der Waals surface area (Å²) in [7, 11) is 0. The van der Waals surface area contributed by atoms with Gasteiger partial charge in [0, 0.05) is 6.07 Å². The molecule has 4 nitrogen and oxygen atoms in total. The fourth-order valence-corrected chi connectivity index (χ4v) is 2.02. The van der Waals surface area contributed by atoms with Crippen molar-refractivity contribution in [3.63, 3.8) is 0 Å². The number of benzene rings is 1. The molecule has 1 aromatic carbocycles. The molecule has 0 atom stereocenters. The van der Waals surface area contributed by atoms with Crippen molar-refractivity contribution >= 4 is 5.91 Å². The molecule has 0 aromatic heterocycles. The number of ether oxygens (including phenoxy) is 1. The fraction of sp³-hybridized carbons (Fsp3) is 0.500. The summed E-state index contributed by atoms with van der Waals surface area (Å²) in [6.45, 7) is 0.198. The van der Waals surface area contributed by atoms with Crippen LogP contribution < -0.4 is 10.2 Å². The summed E-state index contributed by atoms with van der Waals surface area (Å²) in [5.74, 6) is -0.153. The number of rotatable bonds is 6. The minimum Gasteiger partial charge on any atom is -0.493 e. The molecular formula is C14H18FNO3. The van der Waals surface area contributed by atoms with Gasteiger partial charge in [-0.25, -0.2) is 9.87 Å². The van der Waals surface area contributed by atoms with Gasteiger partial charge >= 0.3 is 0 Å². The highest BCUT2D eigenvalue weighted by atomic mass is 19.1. The van der Waals surface area contributed by atoms with Crippen molar-refractivity contribution in [1.29, 1.82) is 0 Å². The Morgan fingerprint density at radius 3 is 2.89 bits per heavy atom. The highest BCUT2D eigenvalue weighted by molar-refractivity contribution is 5.74. The van der Waals surface area contributed by atoms with Gasteiger partial charge in [0.25, 0.3) is 0 Å². The quantitative estimate of drug-likeness (QED) is 0.806.